The van der Waals surface area contributed by atoms with Crippen LogP contribution in [-0.4, -0.2) is 4.57 Å². The second-order valence-electron chi connectivity index (χ2n) is 3.54. The summed E-state index contributed by atoms with van der Waals surface area (Å²) in [5.74, 6) is -1.41. The highest BCUT2D eigenvalue weighted by molar-refractivity contribution is 5.34. The van der Waals surface area contributed by atoms with E-state index in [-0.39, 0.29) is 11.2 Å². The van der Waals surface area contributed by atoms with E-state index in [4.69, 9.17) is 0 Å². The third kappa shape index (κ3) is 2.00. The van der Waals surface area contributed by atoms with E-state index in [2.05, 4.69) is 0 Å². The number of halogens is 2. The first-order valence-electron chi connectivity index (χ1n) is 4.72. The monoisotopic (exact) mass is 221 g/mol. The Balaban J connectivity index is 2.67. The normalized spacial score (nSPS) is 10.4. The first-order valence-corrected chi connectivity index (χ1v) is 4.72. The van der Waals surface area contributed by atoms with Gasteiger partial charge in [0.2, 0.25) is 0 Å². The van der Waals surface area contributed by atoms with Crippen LogP contribution in [0.25, 0.3) is 5.69 Å². The second-order valence-corrected chi connectivity index (χ2v) is 3.54. The molecular weight excluding hydrogens is 212 g/mol. The highest BCUT2D eigenvalue weighted by Crippen LogP contribution is 2.11. The standard InChI is InChI=1S/C12H9F2NO/c1-8-2-3-12(16)15(7-8)11-5-9(13)4-10(14)6-11/h2-7H,1H3. The number of aryl methyl sites for hydroxylation is 1. The summed E-state index contributed by atoms with van der Waals surface area (Å²) in [5.41, 5.74) is 0.700. The molecule has 0 spiro atoms. The maximum Gasteiger partial charge on any atom is 0.255 e. The summed E-state index contributed by atoms with van der Waals surface area (Å²) in [6.45, 7) is 1.80. The average Bonchev–Trinajstić information content (AvgIpc) is 2.20. The zero-order valence-electron chi connectivity index (χ0n) is 8.58. The lowest BCUT2D eigenvalue weighted by atomic mass is 10.2. The van der Waals surface area contributed by atoms with Crippen LogP contribution in [0, 0.1) is 18.6 Å². The summed E-state index contributed by atoms with van der Waals surface area (Å²) in [6, 6.07) is 6.00. The number of benzene rings is 1. The van der Waals surface area contributed by atoms with Crippen molar-refractivity contribution in [3.8, 4) is 5.69 Å². The Labute approximate surface area is 90.8 Å². The topological polar surface area (TPSA) is 22.0 Å². The molecule has 0 fully saturated rings. The van der Waals surface area contributed by atoms with Gasteiger partial charge >= 0.3 is 0 Å². The molecule has 0 radical (unpaired) electrons. The van der Waals surface area contributed by atoms with Crippen LogP contribution < -0.4 is 5.56 Å². The van der Waals surface area contributed by atoms with Crippen LogP contribution in [-0.2, 0) is 0 Å². The number of hydrogen-bond donors (Lipinski definition) is 0. The van der Waals surface area contributed by atoms with Gasteiger partial charge in [-0.15, -0.1) is 0 Å². The number of pyridine rings is 1. The average molecular weight is 221 g/mol. The molecule has 4 heteroatoms. The number of rotatable bonds is 1. The van der Waals surface area contributed by atoms with Gasteiger partial charge in [0.1, 0.15) is 11.6 Å². The summed E-state index contributed by atoms with van der Waals surface area (Å²) < 4.78 is 27.2. The summed E-state index contributed by atoms with van der Waals surface area (Å²) in [4.78, 5) is 11.5. The number of hydrogen-bond acceptors (Lipinski definition) is 1. The zero-order valence-corrected chi connectivity index (χ0v) is 8.58. The fourth-order valence-corrected chi connectivity index (χ4v) is 1.47. The fourth-order valence-electron chi connectivity index (χ4n) is 1.47. The summed E-state index contributed by atoms with van der Waals surface area (Å²) in [7, 11) is 0. The minimum atomic E-state index is -0.705. The summed E-state index contributed by atoms with van der Waals surface area (Å²) >= 11 is 0. The molecule has 1 heterocycles. The highest BCUT2D eigenvalue weighted by atomic mass is 19.1. The van der Waals surface area contributed by atoms with Crippen molar-refractivity contribution in [2.75, 3.05) is 0 Å². The third-order valence-electron chi connectivity index (χ3n) is 2.18. The molecular formula is C12H9F2NO. The Kier molecular flexibility index (Phi) is 2.56. The van der Waals surface area contributed by atoms with E-state index in [1.165, 1.54) is 16.8 Å². The first-order chi connectivity index (χ1) is 7.56. The Morgan fingerprint density at radius 3 is 2.31 bits per heavy atom. The number of nitrogens with zero attached hydrogens (tertiary/aromatic N) is 1. The molecule has 0 atom stereocenters. The van der Waals surface area contributed by atoms with Crippen LogP contribution in [0.15, 0.2) is 41.3 Å². The fraction of sp³-hybridized carbons (Fsp3) is 0.0833. The zero-order chi connectivity index (χ0) is 11.7. The molecule has 0 aliphatic rings. The van der Waals surface area contributed by atoms with Crippen molar-refractivity contribution in [1.82, 2.24) is 4.57 Å². The van der Waals surface area contributed by atoms with Crippen molar-refractivity contribution in [2.45, 2.75) is 6.92 Å². The lowest BCUT2D eigenvalue weighted by Crippen LogP contribution is -2.16. The van der Waals surface area contributed by atoms with Gasteiger partial charge in [-0.1, -0.05) is 6.07 Å². The SMILES string of the molecule is Cc1ccc(=O)n(-c2cc(F)cc(F)c2)c1. The Hall–Kier alpha value is -1.97. The third-order valence-corrected chi connectivity index (χ3v) is 2.18. The van der Waals surface area contributed by atoms with Crippen LogP contribution in [0.3, 0.4) is 0 Å². The molecule has 0 saturated heterocycles. The Bertz CT molecular complexity index is 570. The van der Waals surface area contributed by atoms with E-state index in [0.29, 0.717) is 0 Å². The van der Waals surface area contributed by atoms with Gasteiger partial charge in [-0.05, 0) is 24.6 Å². The second kappa shape index (κ2) is 3.89. The predicted molar refractivity (Wildman–Crippen MR) is 56.7 cm³/mol. The molecule has 0 saturated carbocycles. The molecule has 0 aliphatic heterocycles. The van der Waals surface area contributed by atoms with Gasteiger partial charge in [-0.25, -0.2) is 8.78 Å². The van der Waals surface area contributed by atoms with Crippen LogP contribution >= 0.6 is 0 Å². The van der Waals surface area contributed by atoms with Gasteiger partial charge < -0.3 is 0 Å². The molecule has 16 heavy (non-hydrogen) atoms. The van der Waals surface area contributed by atoms with E-state index < -0.39 is 11.6 Å². The van der Waals surface area contributed by atoms with Crippen molar-refractivity contribution >= 4 is 0 Å². The molecule has 82 valence electrons. The lowest BCUT2D eigenvalue weighted by molar-refractivity contribution is 0.581. The Morgan fingerprint density at radius 1 is 1.06 bits per heavy atom. The Morgan fingerprint density at radius 2 is 1.69 bits per heavy atom. The summed E-state index contributed by atoms with van der Waals surface area (Å²) in [6.07, 6.45) is 1.54. The predicted octanol–water partition coefficient (Wildman–Crippen LogP) is 2.42. The van der Waals surface area contributed by atoms with Crippen LogP contribution in [0.1, 0.15) is 5.56 Å². The summed E-state index contributed by atoms with van der Waals surface area (Å²) in [5, 5.41) is 0. The van der Waals surface area contributed by atoms with Gasteiger partial charge in [0, 0.05) is 18.3 Å². The van der Waals surface area contributed by atoms with Gasteiger partial charge in [0.25, 0.3) is 5.56 Å². The van der Waals surface area contributed by atoms with Crippen LogP contribution in [0.4, 0.5) is 8.78 Å². The van der Waals surface area contributed by atoms with Crippen LogP contribution in [0.2, 0.25) is 0 Å². The van der Waals surface area contributed by atoms with Crippen LogP contribution in [0.5, 0.6) is 0 Å². The highest BCUT2D eigenvalue weighted by Gasteiger charge is 2.04. The largest absolute Gasteiger partial charge is 0.284 e. The molecule has 2 rings (SSSR count). The lowest BCUT2D eigenvalue weighted by Gasteiger charge is -2.06. The van der Waals surface area contributed by atoms with Gasteiger partial charge in [0.15, 0.2) is 0 Å². The molecule has 2 aromatic rings. The molecule has 0 N–H and O–H groups in total. The van der Waals surface area contributed by atoms with E-state index in [0.717, 1.165) is 23.8 Å². The molecule has 0 unspecified atom stereocenters. The van der Waals surface area contributed by atoms with Crippen molar-refractivity contribution in [2.24, 2.45) is 0 Å². The molecule has 0 amide bonds. The van der Waals surface area contributed by atoms with Gasteiger partial charge in [-0.2, -0.15) is 0 Å². The molecule has 0 bridgehead atoms. The maximum atomic E-state index is 13.0. The van der Waals surface area contributed by atoms with Crippen molar-refractivity contribution in [3.63, 3.8) is 0 Å². The minimum Gasteiger partial charge on any atom is -0.284 e. The molecule has 1 aromatic carbocycles. The maximum absolute atomic E-state index is 13.0. The molecule has 0 aliphatic carbocycles. The number of aromatic nitrogens is 1. The van der Waals surface area contributed by atoms with E-state index in [1.807, 2.05) is 0 Å². The van der Waals surface area contributed by atoms with Crippen molar-refractivity contribution in [3.05, 3.63) is 64.1 Å². The van der Waals surface area contributed by atoms with Crippen molar-refractivity contribution < 1.29 is 8.78 Å². The smallest absolute Gasteiger partial charge is 0.255 e. The van der Waals surface area contributed by atoms with E-state index >= 15 is 0 Å². The van der Waals surface area contributed by atoms with E-state index in [1.54, 1.807) is 13.0 Å². The van der Waals surface area contributed by atoms with Gasteiger partial charge in [-0.3, -0.25) is 9.36 Å². The molecule has 2 nitrogen and oxygen atoms in total. The first kappa shape index (κ1) is 10.5. The van der Waals surface area contributed by atoms with Crippen molar-refractivity contribution in [1.29, 1.82) is 0 Å². The quantitative estimate of drug-likeness (QED) is 0.724. The molecule has 1 aromatic heterocycles. The van der Waals surface area contributed by atoms with Gasteiger partial charge in [0.05, 0.1) is 5.69 Å². The minimum absolute atomic E-state index is 0.186. The van der Waals surface area contributed by atoms with E-state index in [9.17, 15) is 13.6 Å².